The summed E-state index contributed by atoms with van der Waals surface area (Å²) in [5.41, 5.74) is 2.50. The SMILES string of the molecule is NNc1ccc(S(=O)(=O)Nc2cc(Cl)ccc2Cl)cn1. The molecule has 0 bridgehead atoms. The summed E-state index contributed by atoms with van der Waals surface area (Å²) in [6, 6.07) is 7.29. The van der Waals surface area contributed by atoms with Crippen LogP contribution in [0.2, 0.25) is 10.0 Å². The highest BCUT2D eigenvalue weighted by Gasteiger charge is 2.16. The number of halogens is 2. The van der Waals surface area contributed by atoms with Crippen LogP contribution in [0.25, 0.3) is 0 Å². The van der Waals surface area contributed by atoms with Gasteiger partial charge >= 0.3 is 0 Å². The van der Waals surface area contributed by atoms with Gasteiger partial charge in [-0.1, -0.05) is 23.2 Å². The molecular formula is C11H10Cl2N4O2S. The minimum absolute atomic E-state index is 0.0208. The van der Waals surface area contributed by atoms with Crippen molar-refractivity contribution < 1.29 is 8.42 Å². The summed E-state index contributed by atoms with van der Waals surface area (Å²) in [7, 11) is -3.80. The van der Waals surface area contributed by atoms with Gasteiger partial charge in [0, 0.05) is 11.2 Å². The first-order chi connectivity index (χ1) is 9.42. The maximum Gasteiger partial charge on any atom is 0.263 e. The number of rotatable bonds is 4. The molecular weight excluding hydrogens is 323 g/mol. The summed E-state index contributed by atoms with van der Waals surface area (Å²) in [6.45, 7) is 0. The number of anilines is 2. The summed E-state index contributed by atoms with van der Waals surface area (Å²) in [5.74, 6) is 5.51. The summed E-state index contributed by atoms with van der Waals surface area (Å²) >= 11 is 11.7. The van der Waals surface area contributed by atoms with Gasteiger partial charge in [0.25, 0.3) is 10.0 Å². The number of pyridine rings is 1. The molecule has 2 rings (SSSR count). The van der Waals surface area contributed by atoms with Crippen molar-refractivity contribution in [2.45, 2.75) is 4.90 Å². The van der Waals surface area contributed by atoms with E-state index in [4.69, 9.17) is 29.0 Å². The first kappa shape index (κ1) is 14.9. The Bertz CT molecular complexity index is 720. The van der Waals surface area contributed by atoms with Crippen LogP contribution in [-0.4, -0.2) is 13.4 Å². The van der Waals surface area contributed by atoms with Crippen LogP contribution in [0.1, 0.15) is 0 Å². The molecule has 0 spiro atoms. The number of hydrogen-bond donors (Lipinski definition) is 3. The van der Waals surface area contributed by atoms with Gasteiger partial charge in [0.2, 0.25) is 0 Å². The second-order valence-corrected chi connectivity index (χ2v) is 6.28. The maximum absolute atomic E-state index is 12.2. The highest BCUT2D eigenvalue weighted by atomic mass is 35.5. The minimum Gasteiger partial charge on any atom is -0.308 e. The van der Waals surface area contributed by atoms with E-state index >= 15 is 0 Å². The van der Waals surface area contributed by atoms with Crippen LogP contribution in [0.15, 0.2) is 41.4 Å². The van der Waals surface area contributed by atoms with Gasteiger partial charge < -0.3 is 5.43 Å². The zero-order valence-electron chi connectivity index (χ0n) is 9.97. The number of nitrogens with two attached hydrogens (primary N) is 1. The number of hydrazine groups is 1. The molecule has 0 saturated carbocycles. The highest BCUT2D eigenvalue weighted by Crippen LogP contribution is 2.27. The van der Waals surface area contributed by atoms with Gasteiger partial charge in [0.15, 0.2) is 0 Å². The van der Waals surface area contributed by atoms with E-state index in [-0.39, 0.29) is 15.6 Å². The first-order valence-corrected chi connectivity index (χ1v) is 7.57. The van der Waals surface area contributed by atoms with Gasteiger partial charge in [-0.05, 0) is 30.3 Å². The normalized spacial score (nSPS) is 11.2. The van der Waals surface area contributed by atoms with Crippen molar-refractivity contribution in [2.24, 2.45) is 5.84 Å². The number of sulfonamides is 1. The Morgan fingerprint density at radius 1 is 1.15 bits per heavy atom. The van der Waals surface area contributed by atoms with Crippen LogP contribution in [0.3, 0.4) is 0 Å². The van der Waals surface area contributed by atoms with Crippen molar-refractivity contribution in [3.8, 4) is 0 Å². The van der Waals surface area contributed by atoms with Crippen LogP contribution < -0.4 is 16.0 Å². The topological polar surface area (TPSA) is 97.1 Å². The average molecular weight is 333 g/mol. The van der Waals surface area contributed by atoms with Crippen molar-refractivity contribution in [1.82, 2.24) is 4.98 Å². The molecule has 106 valence electrons. The van der Waals surface area contributed by atoms with Crippen molar-refractivity contribution >= 4 is 44.7 Å². The molecule has 0 amide bonds. The van der Waals surface area contributed by atoms with E-state index in [0.29, 0.717) is 10.8 Å². The van der Waals surface area contributed by atoms with Crippen LogP contribution in [0.4, 0.5) is 11.5 Å². The molecule has 0 aliphatic rings. The Hall–Kier alpha value is -1.54. The average Bonchev–Trinajstić information content (AvgIpc) is 2.43. The van der Waals surface area contributed by atoms with Gasteiger partial charge in [0.1, 0.15) is 10.7 Å². The smallest absolute Gasteiger partial charge is 0.263 e. The molecule has 0 unspecified atom stereocenters. The maximum atomic E-state index is 12.2. The molecule has 0 aliphatic carbocycles. The molecule has 9 heteroatoms. The van der Waals surface area contributed by atoms with Crippen molar-refractivity contribution in [3.05, 3.63) is 46.6 Å². The summed E-state index contributed by atoms with van der Waals surface area (Å²) < 4.78 is 26.7. The van der Waals surface area contributed by atoms with E-state index < -0.39 is 10.0 Å². The number of nitrogen functional groups attached to an aromatic ring is 1. The second-order valence-electron chi connectivity index (χ2n) is 3.75. The Morgan fingerprint density at radius 2 is 1.90 bits per heavy atom. The first-order valence-electron chi connectivity index (χ1n) is 5.33. The molecule has 0 aliphatic heterocycles. The lowest BCUT2D eigenvalue weighted by Crippen LogP contribution is -2.14. The van der Waals surface area contributed by atoms with Gasteiger partial charge in [-0.3, -0.25) is 4.72 Å². The van der Waals surface area contributed by atoms with Gasteiger partial charge in [0.05, 0.1) is 10.7 Å². The second kappa shape index (κ2) is 5.84. The molecule has 6 nitrogen and oxygen atoms in total. The van der Waals surface area contributed by atoms with E-state index in [1.807, 2.05) is 0 Å². The fourth-order valence-electron chi connectivity index (χ4n) is 1.40. The number of aromatic nitrogens is 1. The van der Waals surface area contributed by atoms with E-state index in [1.54, 1.807) is 6.07 Å². The molecule has 0 saturated heterocycles. The summed E-state index contributed by atoms with van der Waals surface area (Å²) in [5, 5.41) is 0.610. The molecule has 20 heavy (non-hydrogen) atoms. The Morgan fingerprint density at radius 3 is 2.50 bits per heavy atom. The Kier molecular flexibility index (Phi) is 4.34. The van der Waals surface area contributed by atoms with Gasteiger partial charge in [-0.25, -0.2) is 19.2 Å². The molecule has 0 atom stereocenters. The molecule has 2 aromatic rings. The molecule has 0 radical (unpaired) electrons. The van der Waals surface area contributed by atoms with Crippen LogP contribution in [0.5, 0.6) is 0 Å². The number of benzene rings is 1. The van der Waals surface area contributed by atoms with E-state index in [2.05, 4.69) is 15.1 Å². The third-order valence-electron chi connectivity index (χ3n) is 2.37. The molecule has 1 aromatic heterocycles. The lowest BCUT2D eigenvalue weighted by atomic mass is 10.3. The summed E-state index contributed by atoms with van der Waals surface area (Å²) in [4.78, 5) is 3.81. The monoisotopic (exact) mass is 332 g/mol. The van der Waals surface area contributed by atoms with Crippen LogP contribution >= 0.6 is 23.2 Å². The zero-order valence-corrected chi connectivity index (χ0v) is 12.3. The largest absolute Gasteiger partial charge is 0.308 e. The van der Waals surface area contributed by atoms with Crippen molar-refractivity contribution in [1.29, 1.82) is 0 Å². The van der Waals surface area contributed by atoms with E-state index in [0.717, 1.165) is 0 Å². The molecule has 1 aromatic carbocycles. The number of nitrogens with zero attached hydrogens (tertiary/aromatic N) is 1. The van der Waals surface area contributed by atoms with Crippen molar-refractivity contribution in [2.75, 3.05) is 10.1 Å². The Labute approximate surface area is 125 Å². The standard InChI is InChI=1S/C11H10Cl2N4O2S/c12-7-1-3-9(13)10(5-7)17-20(18,19)8-2-4-11(16-14)15-6-8/h1-6,17H,14H2,(H,15,16). The van der Waals surface area contributed by atoms with Crippen molar-refractivity contribution in [3.63, 3.8) is 0 Å². The molecule has 4 N–H and O–H groups in total. The fraction of sp³-hybridized carbons (Fsp3) is 0. The fourth-order valence-corrected chi connectivity index (χ4v) is 2.81. The summed E-state index contributed by atoms with van der Waals surface area (Å²) in [6.07, 6.45) is 1.18. The lowest BCUT2D eigenvalue weighted by molar-refractivity contribution is 0.601. The highest BCUT2D eigenvalue weighted by molar-refractivity contribution is 7.92. The molecule has 0 fully saturated rings. The number of hydrogen-bond acceptors (Lipinski definition) is 5. The predicted octanol–water partition coefficient (Wildman–Crippen LogP) is 2.47. The quantitative estimate of drug-likeness (QED) is 0.590. The molecule has 1 heterocycles. The number of nitrogens with one attached hydrogen (secondary N) is 2. The van der Waals surface area contributed by atoms with Crippen LogP contribution in [-0.2, 0) is 10.0 Å². The lowest BCUT2D eigenvalue weighted by Gasteiger charge is -2.10. The third kappa shape index (κ3) is 3.31. The third-order valence-corrected chi connectivity index (χ3v) is 4.28. The predicted molar refractivity (Wildman–Crippen MR) is 79.3 cm³/mol. The Balaban J connectivity index is 2.32. The van der Waals surface area contributed by atoms with Gasteiger partial charge in [-0.15, -0.1) is 0 Å². The van der Waals surface area contributed by atoms with Crippen LogP contribution in [0, 0.1) is 0 Å². The van der Waals surface area contributed by atoms with Gasteiger partial charge in [-0.2, -0.15) is 0 Å². The minimum atomic E-state index is -3.80. The van der Waals surface area contributed by atoms with E-state index in [1.165, 1.54) is 30.5 Å². The van der Waals surface area contributed by atoms with E-state index in [9.17, 15) is 8.42 Å². The zero-order chi connectivity index (χ0) is 14.8.